The summed E-state index contributed by atoms with van der Waals surface area (Å²) in [5, 5.41) is 0. The zero-order valence-electron chi connectivity index (χ0n) is 25.4. The normalized spacial score (nSPS) is 28.3. The first-order valence-electron chi connectivity index (χ1n) is 14.6. The Balaban J connectivity index is 1.81. The third kappa shape index (κ3) is 7.88. The first-order chi connectivity index (χ1) is 20.3. The quantitative estimate of drug-likeness (QED) is 0.0994. The number of fused-ring (bicyclic) bond motifs is 1. The maximum Gasteiger partial charge on any atom is 0.450 e. The van der Waals surface area contributed by atoms with Crippen molar-refractivity contribution in [3.63, 3.8) is 0 Å². The SMILES string of the molecule is CC(=O)OC1CC(=CC=C2CCC[C@]3(C)C(C(C)CC#CC(OC(C)=O)(C(F)(F)F)C(F)(F)F)=CCC23)C[C@@H](OC(C)=O)C1. The Morgan fingerprint density at radius 3 is 2.05 bits per heavy atom. The molecule has 0 radical (unpaired) electrons. The highest BCUT2D eigenvalue weighted by atomic mass is 19.4. The van der Waals surface area contributed by atoms with E-state index in [0.717, 1.165) is 36.0 Å². The van der Waals surface area contributed by atoms with Gasteiger partial charge in [-0.2, -0.15) is 26.3 Å². The highest BCUT2D eigenvalue weighted by Crippen LogP contribution is 2.57. The van der Waals surface area contributed by atoms with Gasteiger partial charge in [-0.05, 0) is 48.9 Å². The molecule has 3 unspecified atom stereocenters. The Morgan fingerprint density at radius 1 is 0.977 bits per heavy atom. The number of halogens is 6. The number of rotatable bonds is 6. The molecule has 0 aromatic heterocycles. The standard InChI is InChI=1S/C32H38F6O6/c1-19(8-6-15-30(31(33,34)35,32(36,37)38)44-22(4)41)27-12-13-28-24(9-7-14-29(27,28)5)11-10-23-16-25(42-20(2)39)18-26(17-23)43-21(3)40/h10-12,19,25-26,28H,7-9,13-14,16-18H2,1-5H3/t19?,25-,26?,28?,29-/m1/s1. The van der Waals surface area contributed by atoms with Gasteiger partial charge in [-0.3, -0.25) is 14.4 Å². The van der Waals surface area contributed by atoms with Crippen molar-refractivity contribution in [2.75, 3.05) is 0 Å². The molecule has 244 valence electrons. The Morgan fingerprint density at radius 2 is 1.55 bits per heavy atom. The van der Waals surface area contributed by atoms with Crippen LogP contribution in [0.4, 0.5) is 26.3 Å². The second-order valence-corrected chi connectivity index (χ2v) is 12.1. The van der Waals surface area contributed by atoms with Crippen molar-refractivity contribution < 1.29 is 54.9 Å². The van der Waals surface area contributed by atoms with Gasteiger partial charge in [-0.1, -0.05) is 54.7 Å². The van der Waals surface area contributed by atoms with Crippen LogP contribution < -0.4 is 0 Å². The van der Waals surface area contributed by atoms with Crippen molar-refractivity contribution in [1.82, 2.24) is 0 Å². The van der Waals surface area contributed by atoms with Crippen LogP contribution in [-0.2, 0) is 28.6 Å². The van der Waals surface area contributed by atoms with Crippen LogP contribution in [0.15, 0.2) is 34.9 Å². The smallest absolute Gasteiger partial charge is 0.450 e. The van der Waals surface area contributed by atoms with E-state index in [1.165, 1.54) is 19.8 Å². The number of ether oxygens (including phenoxy) is 3. The van der Waals surface area contributed by atoms with Crippen molar-refractivity contribution >= 4 is 17.9 Å². The Kier molecular flexibility index (Phi) is 10.7. The summed E-state index contributed by atoms with van der Waals surface area (Å²) in [5.74, 6) is 0.325. The van der Waals surface area contributed by atoms with E-state index in [2.05, 4.69) is 11.7 Å². The Labute approximate surface area is 253 Å². The van der Waals surface area contributed by atoms with Crippen LogP contribution in [0.25, 0.3) is 0 Å². The predicted octanol–water partition coefficient (Wildman–Crippen LogP) is 7.48. The summed E-state index contributed by atoms with van der Waals surface area (Å²) in [6, 6.07) is 0. The van der Waals surface area contributed by atoms with Crippen LogP contribution in [0.1, 0.15) is 86.0 Å². The number of alkyl halides is 6. The number of carbonyl (C=O) groups is 3. The van der Waals surface area contributed by atoms with Gasteiger partial charge in [0, 0.05) is 46.5 Å². The van der Waals surface area contributed by atoms with E-state index in [-0.39, 0.29) is 17.8 Å². The van der Waals surface area contributed by atoms with Crippen LogP contribution in [-0.4, -0.2) is 48.1 Å². The van der Waals surface area contributed by atoms with Crippen LogP contribution >= 0.6 is 0 Å². The molecule has 2 fully saturated rings. The highest BCUT2D eigenvalue weighted by molar-refractivity contribution is 5.68. The molecule has 3 aliphatic carbocycles. The number of hydrogen-bond donors (Lipinski definition) is 0. The molecule has 0 saturated heterocycles. The van der Waals surface area contributed by atoms with Crippen LogP contribution in [0.2, 0.25) is 0 Å². The fourth-order valence-corrected chi connectivity index (χ4v) is 6.85. The number of carbonyl (C=O) groups excluding carboxylic acids is 3. The van der Waals surface area contributed by atoms with Gasteiger partial charge in [-0.15, -0.1) is 0 Å². The Hall–Kier alpha value is -3.23. The zero-order chi connectivity index (χ0) is 33.1. The van der Waals surface area contributed by atoms with Gasteiger partial charge >= 0.3 is 35.9 Å². The molecule has 12 heteroatoms. The van der Waals surface area contributed by atoms with Crippen molar-refractivity contribution in [1.29, 1.82) is 0 Å². The van der Waals surface area contributed by atoms with E-state index in [0.29, 0.717) is 32.6 Å². The second kappa shape index (κ2) is 13.4. The van der Waals surface area contributed by atoms with Gasteiger partial charge in [0.05, 0.1) is 0 Å². The predicted molar refractivity (Wildman–Crippen MR) is 147 cm³/mol. The van der Waals surface area contributed by atoms with Gasteiger partial charge < -0.3 is 14.2 Å². The molecule has 5 atom stereocenters. The monoisotopic (exact) mass is 632 g/mol. The second-order valence-electron chi connectivity index (χ2n) is 12.1. The molecule has 2 saturated carbocycles. The lowest BCUT2D eigenvalue weighted by molar-refractivity contribution is -0.345. The topological polar surface area (TPSA) is 78.9 Å². The molecule has 0 spiro atoms. The van der Waals surface area contributed by atoms with Crippen molar-refractivity contribution in [3.05, 3.63) is 34.9 Å². The fraction of sp³-hybridized carbons (Fsp3) is 0.656. The molecule has 44 heavy (non-hydrogen) atoms. The van der Waals surface area contributed by atoms with E-state index in [1.807, 2.05) is 24.1 Å². The molecule has 0 heterocycles. The maximum absolute atomic E-state index is 13.6. The third-order valence-electron chi connectivity index (χ3n) is 8.61. The highest BCUT2D eigenvalue weighted by Gasteiger charge is 2.74. The van der Waals surface area contributed by atoms with Crippen molar-refractivity contribution in [2.45, 2.75) is 116 Å². The molecule has 0 aliphatic heterocycles. The molecule has 0 aromatic carbocycles. The molecular weight excluding hydrogens is 594 g/mol. The number of hydrogen-bond acceptors (Lipinski definition) is 6. The minimum Gasteiger partial charge on any atom is -0.462 e. The van der Waals surface area contributed by atoms with E-state index in [1.54, 1.807) is 6.92 Å². The average Bonchev–Trinajstić information content (AvgIpc) is 3.21. The lowest BCUT2D eigenvalue weighted by Gasteiger charge is -2.42. The van der Waals surface area contributed by atoms with Gasteiger partial charge in [0.1, 0.15) is 12.2 Å². The maximum atomic E-state index is 13.6. The van der Waals surface area contributed by atoms with Gasteiger partial charge in [-0.25, -0.2) is 0 Å². The van der Waals surface area contributed by atoms with Crippen molar-refractivity contribution in [2.24, 2.45) is 17.3 Å². The summed E-state index contributed by atoms with van der Waals surface area (Å²) in [4.78, 5) is 34.3. The van der Waals surface area contributed by atoms with E-state index < -0.39 is 54.0 Å². The van der Waals surface area contributed by atoms with E-state index in [9.17, 15) is 40.7 Å². The van der Waals surface area contributed by atoms with Gasteiger partial charge in [0.25, 0.3) is 0 Å². The van der Waals surface area contributed by atoms with E-state index in [4.69, 9.17) is 9.47 Å². The molecule has 0 N–H and O–H groups in total. The molecule has 0 bridgehead atoms. The molecule has 3 rings (SSSR count). The van der Waals surface area contributed by atoms with Crippen LogP contribution in [0.5, 0.6) is 0 Å². The first-order valence-corrected chi connectivity index (χ1v) is 14.6. The summed E-state index contributed by atoms with van der Waals surface area (Å²) in [5.41, 5.74) is -2.21. The molecule has 6 nitrogen and oxygen atoms in total. The van der Waals surface area contributed by atoms with Gasteiger partial charge in [0.2, 0.25) is 0 Å². The minimum atomic E-state index is -5.98. The molecule has 0 aromatic rings. The summed E-state index contributed by atoms with van der Waals surface area (Å²) in [6.45, 7) is 6.89. The van der Waals surface area contributed by atoms with Crippen molar-refractivity contribution in [3.8, 4) is 11.8 Å². The lowest BCUT2D eigenvalue weighted by atomic mass is 9.62. The van der Waals surface area contributed by atoms with Crippen LogP contribution in [0, 0.1) is 29.1 Å². The lowest BCUT2D eigenvalue weighted by Crippen LogP contribution is -2.58. The number of esters is 3. The summed E-state index contributed by atoms with van der Waals surface area (Å²) >= 11 is 0. The fourth-order valence-electron chi connectivity index (χ4n) is 6.85. The minimum absolute atomic E-state index is 0.0844. The summed E-state index contributed by atoms with van der Waals surface area (Å²) in [7, 11) is 0. The average molecular weight is 633 g/mol. The summed E-state index contributed by atoms with van der Waals surface area (Å²) in [6.07, 6.45) is -2.53. The first kappa shape index (κ1) is 35.3. The molecular formula is C32H38F6O6. The number of allylic oxidation sites excluding steroid dienone is 5. The molecule has 0 amide bonds. The van der Waals surface area contributed by atoms with Crippen LogP contribution in [0.3, 0.4) is 0 Å². The molecule has 3 aliphatic rings. The largest absolute Gasteiger partial charge is 0.462 e. The summed E-state index contributed by atoms with van der Waals surface area (Å²) < 4.78 is 96.0. The zero-order valence-corrected chi connectivity index (χ0v) is 25.4. The van der Waals surface area contributed by atoms with E-state index >= 15 is 0 Å². The third-order valence-corrected chi connectivity index (χ3v) is 8.61. The Bertz CT molecular complexity index is 1240. The van der Waals surface area contributed by atoms with Gasteiger partial charge in [0.15, 0.2) is 0 Å².